The van der Waals surface area contributed by atoms with E-state index in [9.17, 15) is 8.42 Å². The molecule has 2 fully saturated rings. The summed E-state index contributed by atoms with van der Waals surface area (Å²) in [4.78, 5) is 8.58. The summed E-state index contributed by atoms with van der Waals surface area (Å²) in [5, 5.41) is 20.1. The van der Waals surface area contributed by atoms with E-state index in [0.29, 0.717) is 23.6 Å². The molecule has 226 valence electrons. The molecule has 1 aliphatic carbocycles. The molecule has 3 heterocycles. The van der Waals surface area contributed by atoms with Gasteiger partial charge in [0.2, 0.25) is 15.8 Å². The summed E-state index contributed by atoms with van der Waals surface area (Å²) in [7, 11) is -1.57. The molecule has 0 unspecified atom stereocenters. The van der Waals surface area contributed by atoms with Crippen LogP contribution in [-0.4, -0.2) is 71.1 Å². The number of nitrogens with zero attached hydrogens (tertiary/aromatic N) is 6. The summed E-state index contributed by atoms with van der Waals surface area (Å²) < 4.78 is 26.0. The number of benzene rings is 2. The average Bonchev–Trinajstić information content (AvgIpc) is 3.44. The molecule has 6 rings (SSSR count). The lowest BCUT2D eigenvalue weighted by molar-refractivity contribution is 0.293. The van der Waals surface area contributed by atoms with E-state index in [4.69, 9.17) is 0 Å². The Kier molecular flexibility index (Phi) is 8.57. The molecule has 0 amide bonds. The number of rotatable bonds is 9. The molecule has 4 aromatic rings. The molecule has 2 aliphatic rings. The third-order valence-electron chi connectivity index (χ3n) is 8.23. The van der Waals surface area contributed by atoms with Crippen molar-refractivity contribution in [3.63, 3.8) is 0 Å². The predicted molar refractivity (Wildman–Crippen MR) is 170 cm³/mol. The highest BCUT2D eigenvalue weighted by molar-refractivity contribution is 7.92. The molecule has 3 N–H and O–H groups in total. The fraction of sp³-hybridized carbons (Fsp3) is 0.419. The van der Waals surface area contributed by atoms with Crippen LogP contribution in [-0.2, 0) is 17.1 Å². The van der Waals surface area contributed by atoms with Crippen LogP contribution in [0.15, 0.2) is 66.9 Å². The Balaban J connectivity index is 1.10. The van der Waals surface area contributed by atoms with Crippen molar-refractivity contribution in [2.24, 2.45) is 7.05 Å². The molecule has 3 atom stereocenters. The zero-order valence-corrected chi connectivity index (χ0v) is 25.5. The number of aromatic nitrogens is 5. The quantitative estimate of drug-likeness (QED) is 0.257. The predicted octanol–water partition coefficient (Wildman–Crippen LogP) is 4.29. The maximum atomic E-state index is 11.7. The van der Waals surface area contributed by atoms with Gasteiger partial charge in [-0.25, -0.2) is 13.4 Å². The van der Waals surface area contributed by atoms with Crippen molar-refractivity contribution in [3.8, 4) is 22.5 Å². The van der Waals surface area contributed by atoms with Crippen molar-refractivity contribution < 1.29 is 8.42 Å². The molecular formula is C31H39N9O2S. The maximum Gasteiger partial charge on any atom is 0.229 e. The van der Waals surface area contributed by atoms with Crippen molar-refractivity contribution in [1.82, 2.24) is 30.5 Å². The van der Waals surface area contributed by atoms with Gasteiger partial charge < -0.3 is 15.5 Å². The maximum absolute atomic E-state index is 11.7. The van der Waals surface area contributed by atoms with Crippen LogP contribution in [0.2, 0.25) is 0 Å². The molecule has 11 nitrogen and oxygen atoms in total. The lowest BCUT2D eigenvalue weighted by Crippen LogP contribution is -2.54. The van der Waals surface area contributed by atoms with E-state index < -0.39 is 10.0 Å². The van der Waals surface area contributed by atoms with Crippen molar-refractivity contribution in [1.29, 1.82) is 0 Å². The van der Waals surface area contributed by atoms with Gasteiger partial charge >= 0.3 is 0 Å². The van der Waals surface area contributed by atoms with Crippen LogP contribution in [0, 0.1) is 0 Å². The summed E-state index contributed by atoms with van der Waals surface area (Å²) in [6, 6.07) is 20.9. The molecule has 2 aromatic carbocycles. The van der Waals surface area contributed by atoms with Gasteiger partial charge in [-0.3, -0.25) is 4.72 Å². The standard InChI is InChI=1S/C31H39N9O2S/c1-39-36-31(35-38-39)22-12-14-27(15-13-22)40-18-6-9-26(21-40)33-28-10-3-4-11-29(28)34-30-20-24(16-17-32-30)23-7-5-8-25(19-23)37-43(2,41)42/h5,7-8,12-17,19-20,26,28-29,33,37H,3-4,6,9-11,18,21H2,1-2H3,(H,32,34)/t26-,28+,29+/m0/s1. The fourth-order valence-corrected chi connectivity index (χ4v) is 6.78. The second kappa shape index (κ2) is 12.7. The molecule has 1 saturated heterocycles. The second-order valence-corrected chi connectivity index (χ2v) is 13.4. The van der Waals surface area contributed by atoms with Gasteiger partial charge in [0.15, 0.2) is 0 Å². The van der Waals surface area contributed by atoms with E-state index in [1.807, 2.05) is 36.5 Å². The summed E-state index contributed by atoms with van der Waals surface area (Å²) >= 11 is 0. The molecular weight excluding hydrogens is 562 g/mol. The van der Waals surface area contributed by atoms with E-state index in [-0.39, 0.29) is 6.04 Å². The van der Waals surface area contributed by atoms with Crippen LogP contribution < -0.4 is 20.3 Å². The number of piperidine rings is 1. The Morgan fingerprint density at radius 3 is 2.44 bits per heavy atom. The van der Waals surface area contributed by atoms with E-state index in [1.54, 1.807) is 13.1 Å². The fourth-order valence-electron chi connectivity index (χ4n) is 6.23. The minimum atomic E-state index is -3.34. The van der Waals surface area contributed by atoms with Crippen molar-refractivity contribution in [2.45, 2.75) is 56.7 Å². The number of tetrazole rings is 1. The first-order valence-corrected chi connectivity index (χ1v) is 16.8. The normalized spacial score (nSPS) is 21.0. The molecule has 0 radical (unpaired) electrons. The SMILES string of the molecule is Cn1nnc(-c2ccc(N3CCC[C@H](N[C@@H]4CCCC[C@H]4Nc4cc(-c5cccc(NS(C)(=O)=O)c5)ccn4)C3)cc2)n1. The first-order chi connectivity index (χ1) is 20.8. The van der Waals surface area contributed by atoms with Crippen LogP contribution in [0.4, 0.5) is 17.2 Å². The summed E-state index contributed by atoms with van der Waals surface area (Å²) in [6.45, 7) is 2.02. The van der Waals surface area contributed by atoms with Crippen LogP contribution in [0.5, 0.6) is 0 Å². The minimum absolute atomic E-state index is 0.281. The van der Waals surface area contributed by atoms with E-state index >= 15 is 0 Å². The lowest BCUT2D eigenvalue weighted by Gasteiger charge is -2.40. The lowest BCUT2D eigenvalue weighted by atomic mass is 9.89. The number of aryl methyl sites for hydroxylation is 1. The minimum Gasteiger partial charge on any atom is -0.370 e. The van der Waals surface area contributed by atoms with Crippen molar-refractivity contribution in [2.75, 3.05) is 34.3 Å². The molecule has 0 bridgehead atoms. The van der Waals surface area contributed by atoms with Crippen molar-refractivity contribution in [3.05, 3.63) is 66.9 Å². The van der Waals surface area contributed by atoms with Gasteiger partial charge in [-0.1, -0.05) is 25.0 Å². The van der Waals surface area contributed by atoms with Crippen LogP contribution in [0.3, 0.4) is 0 Å². The van der Waals surface area contributed by atoms with Gasteiger partial charge in [0.1, 0.15) is 5.82 Å². The summed E-state index contributed by atoms with van der Waals surface area (Å²) in [5.74, 6) is 1.47. The molecule has 43 heavy (non-hydrogen) atoms. The van der Waals surface area contributed by atoms with Gasteiger partial charge in [0, 0.05) is 54.4 Å². The third-order valence-corrected chi connectivity index (χ3v) is 8.83. The highest BCUT2D eigenvalue weighted by Gasteiger charge is 2.29. The topological polar surface area (TPSA) is 130 Å². The van der Waals surface area contributed by atoms with Gasteiger partial charge in [-0.2, -0.15) is 4.80 Å². The molecule has 0 spiro atoms. The number of anilines is 3. The summed E-state index contributed by atoms with van der Waals surface area (Å²) in [6.07, 6.45) is 9.91. The first kappa shape index (κ1) is 29.1. The molecule has 1 saturated carbocycles. The van der Waals surface area contributed by atoms with E-state index in [0.717, 1.165) is 67.5 Å². The number of nitrogens with one attached hydrogen (secondary N) is 3. The first-order valence-electron chi connectivity index (χ1n) is 15.0. The largest absolute Gasteiger partial charge is 0.370 e. The van der Waals surface area contributed by atoms with E-state index in [1.165, 1.54) is 23.3 Å². The second-order valence-electron chi connectivity index (χ2n) is 11.6. The Bertz CT molecular complexity index is 1640. The zero-order chi connectivity index (χ0) is 29.8. The number of hydrogen-bond acceptors (Lipinski definition) is 9. The number of sulfonamides is 1. The average molecular weight is 602 g/mol. The van der Waals surface area contributed by atoms with Gasteiger partial charge in [-0.15, -0.1) is 10.2 Å². The van der Waals surface area contributed by atoms with Crippen LogP contribution in [0.1, 0.15) is 38.5 Å². The number of hydrogen-bond donors (Lipinski definition) is 3. The Morgan fingerprint density at radius 1 is 0.884 bits per heavy atom. The Morgan fingerprint density at radius 2 is 1.67 bits per heavy atom. The van der Waals surface area contributed by atoms with Gasteiger partial charge in [0.25, 0.3) is 0 Å². The highest BCUT2D eigenvalue weighted by atomic mass is 32.2. The Labute approximate surface area is 253 Å². The molecule has 12 heteroatoms. The van der Waals surface area contributed by atoms with Crippen LogP contribution in [0.25, 0.3) is 22.5 Å². The van der Waals surface area contributed by atoms with Crippen molar-refractivity contribution >= 4 is 27.2 Å². The highest BCUT2D eigenvalue weighted by Crippen LogP contribution is 2.28. The smallest absolute Gasteiger partial charge is 0.229 e. The monoisotopic (exact) mass is 601 g/mol. The number of pyridine rings is 1. The molecule has 2 aromatic heterocycles. The zero-order valence-electron chi connectivity index (χ0n) is 24.6. The van der Waals surface area contributed by atoms with Crippen LogP contribution >= 0.6 is 0 Å². The third kappa shape index (κ3) is 7.49. The van der Waals surface area contributed by atoms with Gasteiger partial charge in [0.05, 0.1) is 13.3 Å². The Hall–Kier alpha value is -4.03. The van der Waals surface area contributed by atoms with Gasteiger partial charge in [-0.05, 0) is 90.6 Å². The van der Waals surface area contributed by atoms with E-state index in [2.05, 4.69) is 64.9 Å². The summed E-state index contributed by atoms with van der Waals surface area (Å²) in [5.41, 5.74) is 4.65. The molecule has 1 aliphatic heterocycles.